The van der Waals surface area contributed by atoms with E-state index >= 15 is 0 Å². The number of nitrogens with one attached hydrogen (secondary N) is 2. The van der Waals surface area contributed by atoms with Crippen LogP contribution in [0.1, 0.15) is 44.5 Å². The molecule has 9 heteroatoms. The quantitative estimate of drug-likeness (QED) is 0.470. The van der Waals surface area contributed by atoms with Gasteiger partial charge in [-0.05, 0) is 63.2 Å². The highest BCUT2D eigenvalue weighted by Gasteiger charge is 2.29. The molecule has 0 saturated carbocycles. The molecule has 2 amide bonds. The Kier molecular flexibility index (Phi) is 6.62. The van der Waals surface area contributed by atoms with Crippen LogP contribution in [0, 0.1) is 5.41 Å². The number of benzene rings is 2. The SMILES string of the molecule is CCC(=O)c1c(O)n(OC(=O)C(C)(C)C)c2cc(NC(=O)Nc3ccc(OC)cc3)ccc12. The molecule has 33 heavy (non-hydrogen) atoms. The third-order valence-electron chi connectivity index (χ3n) is 4.89. The molecule has 0 fully saturated rings. The van der Waals surface area contributed by atoms with Crippen molar-refractivity contribution in [3.8, 4) is 11.6 Å². The number of rotatable bonds is 6. The zero-order valence-electron chi connectivity index (χ0n) is 19.2. The van der Waals surface area contributed by atoms with Crippen LogP contribution in [0.3, 0.4) is 0 Å². The second kappa shape index (κ2) is 9.23. The lowest BCUT2D eigenvalue weighted by molar-refractivity contribution is -0.153. The molecule has 9 nitrogen and oxygen atoms in total. The minimum absolute atomic E-state index is 0.0587. The van der Waals surface area contributed by atoms with Crippen molar-refractivity contribution < 1.29 is 29.1 Å². The van der Waals surface area contributed by atoms with Crippen molar-refractivity contribution in [2.45, 2.75) is 34.1 Å². The van der Waals surface area contributed by atoms with Crippen molar-refractivity contribution in [1.82, 2.24) is 4.73 Å². The number of aromatic hydroxyl groups is 1. The van der Waals surface area contributed by atoms with Gasteiger partial charge in [-0.15, -0.1) is 4.73 Å². The van der Waals surface area contributed by atoms with Crippen LogP contribution in [0.4, 0.5) is 16.2 Å². The molecule has 0 bridgehead atoms. The molecule has 3 aromatic rings. The number of hydrogen-bond donors (Lipinski definition) is 3. The van der Waals surface area contributed by atoms with Gasteiger partial charge in [0.2, 0.25) is 5.88 Å². The predicted molar refractivity (Wildman–Crippen MR) is 125 cm³/mol. The number of urea groups is 1. The molecule has 0 radical (unpaired) electrons. The van der Waals surface area contributed by atoms with E-state index in [1.54, 1.807) is 71.2 Å². The van der Waals surface area contributed by atoms with Crippen LogP contribution in [0.5, 0.6) is 11.6 Å². The molecule has 3 N–H and O–H groups in total. The summed E-state index contributed by atoms with van der Waals surface area (Å²) in [6, 6.07) is 11.0. The van der Waals surface area contributed by atoms with Crippen LogP contribution in [-0.2, 0) is 4.79 Å². The zero-order chi connectivity index (χ0) is 24.3. The summed E-state index contributed by atoms with van der Waals surface area (Å²) in [4.78, 5) is 42.8. The molecule has 0 unspecified atom stereocenters. The Morgan fingerprint density at radius 3 is 2.18 bits per heavy atom. The zero-order valence-corrected chi connectivity index (χ0v) is 19.2. The molecular weight excluding hydrogens is 426 g/mol. The Balaban J connectivity index is 1.94. The molecule has 0 spiro atoms. The maximum absolute atomic E-state index is 12.5. The molecule has 174 valence electrons. The number of carbonyl (C=O) groups is 3. The molecule has 1 heterocycles. The number of hydrogen-bond acceptors (Lipinski definition) is 6. The van der Waals surface area contributed by atoms with E-state index in [4.69, 9.17) is 9.57 Å². The van der Waals surface area contributed by atoms with Crippen molar-refractivity contribution in [1.29, 1.82) is 0 Å². The van der Waals surface area contributed by atoms with Crippen molar-refractivity contribution in [3.05, 3.63) is 48.0 Å². The van der Waals surface area contributed by atoms with E-state index < -0.39 is 23.3 Å². The Bertz CT molecular complexity index is 1210. The van der Waals surface area contributed by atoms with E-state index in [1.807, 2.05) is 0 Å². The average molecular weight is 453 g/mol. The second-order valence-electron chi connectivity index (χ2n) is 8.44. The lowest BCUT2D eigenvalue weighted by Crippen LogP contribution is -2.31. The first-order valence-corrected chi connectivity index (χ1v) is 10.4. The number of aromatic nitrogens is 1. The molecule has 0 atom stereocenters. The lowest BCUT2D eigenvalue weighted by Gasteiger charge is -2.17. The maximum Gasteiger partial charge on any atom is 0.338 e. The monoisotopic (exact) mass is 453 g/mol. The molecule has 0 aliphatic carbocycles. The van der Waals surface area contributed by atoms with Crippen LogP contribution in [0.15, 0.2) is 42.5 Å². The molecule has 1 aromatic heterocycles. The van der Waals surface area contributed by atoms with Crippen LogP contribution in [0.25, 0.3) is 10.9 Å². The predicted octanol–water partition coefficient (Wildman–Crippen LogP) is 4.59. The van der Waals surface area contributed by atoms with Gasteiger partial charge < -0.3 is 25.3 Å². The Morgan fingerprint density at radius 1 is 1.00 bits per heavy atom. The molecule has 3 rings (SSSR count). The van der Waals surface area contributed by atoms with Crippen molar-refractivity contribution in [2.75, 3.05) is 17.7 Å². The number of Topliss-reactive ketones (excluding diaryl/α,β-unsaturated/α-hetero) is 1. The van der Waals surface area contributed by atoms with Crippen molar-refractivity contribution in [2.24, 2.45) is 5.41 Å². The summed E-state index contributed by atoms with van der Waals surface area (Å²) in [6.45, 7) is 6.69. The molecule has 0 aliphatic heterocycles. The van der Waals surface area contributed by atoms with E-state index in [0.29, 0.717) is 22.5 Å². The first kappa shape index (κ1) is 23.6. The van der Waals surface area contributed by atoms with Gasteiger partial charge in [0.1, 0.15) is 5.75 Å². The molecular formula is C24H27N3O6. The van der Waals surface area contributed by atoms with Gasteiger partial charge in [-0.3, -0.25) is 4.79 Å². The molecule has 0 saturated heterocycles. The summed E-state index contributed by atoms with van der Waals surface area (Å²) in [7, 11) is 1.55. The van der Waals surface area contributed by atoms with Gasteiger partial charge in [-0.1, -0.05) is 6.92 Å². The smallest absolute Gasteiger partial charge is 0.338 e. The number of nitrogens with zero attached hydrogens (tertiary/aromatic N) is 1. The Hall–Kier alpha value is -4.01. The average Bonchev–Trinajstić information content (AvgIpc) is 3.04. The fourth-order valence-electron chi connectivity index (χ4n) is 3.06. The summed E-state index contributed by atoms with van der Waals surface area (Å²) < 4.78 is 6.02. The third-order valence-corrected chi connectivity index (χ3v) is 4.89. The van der Waals surface area contributed by atoms with Gasteiger partial charge in [-0.25, -0.2) is 9.59 Å². The standard InChI is InChI=1S/C24H27N3O6/c1-6-19(28)20-17-12-9-15(26-23(31)25-14-7-10-16(32-5)11-8-14)13-18(17)27(21(20)29)33-22(30)24(2,3)4/h7-13,29H,6H2,1-5H3,(H2,25,26,31). The van der Waals surface area contributed by atoms with Crippen LogP contribution >= 0.6 is 0 Å². The summed E-state index contributed by atoms with van der Waals surface area (Å²) in [5.74, 6) is -0.703. The number of ether oxygens (including phenoxy) is 1. The fourth-order valence-corrected chi connectivity index (χ4v) is 3.06. The highest BCUT2D eigenvalue weighted by Crippen LogP contribution is 2.34. The van der Waals surface area contributed by atoms with Gasteiger partial charge in [-0.2, -0.15) is 0 Å². The maximum atomic E-state index is 12.5. The Morgan fingerprint density at radius 2 is 1.61 bits per heavy atom. The topological polar surface area (TPSA) is 119 Å². The second-order valence-corrected chi connectivity index (χ2v) is 8.44. The highest BCUT2D eigenvalue weighted by molar-refractivity contribution is 6.11. The van der Waals surface area contributed by atoms with E-state index in [1.165, 1.54) is 6.07 Å². The van der Waals surface area contributed by atoms with E-state index in [9.17, 15) is 19.5 Å². The van der Waals surface area contributed by atoms with E-state index in [2.05, 4.69) is 10.6 Å². The van der Waals surface area contributed by atoms with Crippen molar-refractivity contribution >= 4 is 40.1 Å². The first-order chi connectivity index (χ1) is 15.5. The number of amides is 2. The number of methoxy groups -OCH3 is 1. The molecule has 0 aliphatic rings. The van der Waals surface area contributed by atoms with E-state index in [0.717, 1.165) is 4.73 Å². The van der Waals surface area contributed by atoms with E-state index in [-0.39, 0.29) is 23.3 Å². The highest BCUT2D eigenvalue weighted by atomic mass is 16.7. The number of fused-ring (bicyclic) bond motifs is 1. The summed E-state index contributed by atoms with van der Waals surface area (Å²) in [5.41, 5.74) is 0.416. The molecule has 2 aromatic carbocycles. The normalized spacial score (nSPS) is 11.2. The van der Waals surface area contributed by atoms with Gasteiger partial charge in [0.25, 0.3) is 0 Å². The van der Waals surface area contributed by atoms with Crippen LogP contribution < -0.4 is 20.2 Å². The van der Waals surface area contributed by atoms with Gasteiger partial charge >= 0.3 is 12.0 Å². The lowest BCUT2D eigenvalue weighted by atomic mass is 9.98. The van der Waals surface area contributed by atoms with Gasteiger partial charge in [0, 0.05) is 23.2 Å². The van der Waals surface area contributed by atoms with Gasteiger partial charge in [0.15, 0.2) is 5.78 Å². The van der Waals surface area contributed by atoms with Crippen LogP contribution in [0.2, 0.25) is 0 Å². The van der Waals surface area contributed by atoms with Crippen molar-refractivity contribution in [3.63, 3.8) is 0 Å². The summed E-state index contributed by atoms with van der Waals surface area (Å²) in [5, 5.41) is 16.5. The number of anilines is 2. The van der Waals surface area contributed by atoms with Crippen LogP contribution in [-0.4, -0.2) is 34.7 Å². The Labute approximate surface area is 191 Å². The first-order valence-electron chi connectivity index (χ1n) is 10.4. The number of carbonyl (C=O) groups excluding carboxylic acids is 3. The minimum atomic E-state index is -0.841. The fraction of sp³-hybridized carbons (Fsp3) is 0.292. The largest absolute Gasteiger partial charge is 0.497 e. The summed E-state index contributed by atoms with van der Waals surface area (Å²) in [6.07, 6.45) is 0.157. The van der Waals surface area contributed by atoms with Gasteiger partial charge in [0.05, 0.1) is 23.6 Å². The summed E-state index contributed by atoms with van der Waals surface area (Å²) >= 11 is 0. The third kappa shape index (κ3) is 5.08. The number of ketones is 1. The minimum Gasteiger partial charge on any atom is -0.497 e.